The Hall–Kier alpha value is -2.71. The van der Waals surface area contributed by atoms with E-state index in [4.69, 9.17) is 4.74 Å². The van der Waals surface area contributed by atoms with Crippen molar-refractivity contribution < 1.29 is 18.7 Å². The van der Waals surface area contributed by atoms with E-state index in [1.807, 2.05) is 35.9 Å². The third kappa shape index (κ3) is 4.09. The number of hydrogen-bond acceptors (Lipinski definition) is 4. The average molecular weight is 444 g/mol. The van der Waals surface area contributed by atoms with Crippen LogP contribution in [0.1, 0.15) is 36.3 Å². The number of benzene rings is 1. The van der Waals surface area contributed by atoms with Crippen molar-refractivity contribution >= 4 is 33.4 Å². The summed E-state index contributed by atoms with van der Waals surface area (Å²) in [6, 6.07) is 9.91. The van der Waals surface area contributed by atoms with Crippen LogP contribution >= 0.6 is 11.3 Å². The summed E-state index contributed by atoms with van der Waals surface area (Å²) < 4.78 is 20.6. The zero-order valence-corrected chi connectivity index (χ0v) is 18.5. The minimum atomic E-state index is -1.05. The van der Waals surface area contributed by atoms with Gasteiger partial charge in [-0.05, 0) is 55.5 Å². The van der Waals surface area contributed by atoms with Gasteiger partial charge in [-0.1, -0.05) is 12.1 Å². The largest absolute Gasteiger partial charge is 0.382 e. The topological polar surface area (TPSA) is 63.6 Å². The van der Waals surface area contributed by atoms with Crippen LogP contribution in [-0.4, -0.2) is 46.6 Å². The molecule has 0 radical (unpaired) electrons. The van der Waals surface area contributed by atoms with E-state index in [2.05, 4.69) is 5.32 Å². The van der Waals surface area contributed by atoms with Crippen LogP contribution in [-0.2, 0) is 22.6 Å². The first-order valence-corrected chi connectivity index (χ1v) is 11.3. The average Bonchev–Trinajstić information content (AvgIpc) is 3.35. The standard InChI is InChI=1S/C23H26FN3O3S/c1-3-30-11-4-10-27-20(28)19-13-17-9-12-31-21(17)26(19)15-23(27,2)22(29)25-14-16-5-7-18(24)8-6-16/h5-9,12-13H,3-4,10-11,14-15H2,1-2H3,(H,25,29)/t23-/m0/s1. The summed E-state index contributed by atoms with van der Waals surface area (Å²) in [6.07, 6.45) is 0.648. The molecule has 1 N–H and O–H groups in total. The van der Waals surface area contributed by atoms with Gasteiger partial charge in [0, 0.05) is 31.7 Å². The highest BCUT2D eigenvalue weighted by Gasteiger charge is 2.47. The molecule has 3 heterocycles. The number of thiophene rings is 1. The molecule has 1 aliphatic rings. The van der Waals surface area contributed by atoms with Gasteiger partial charge < -0.3 is 19.5 Å². The number of halogens is 1. The smallest absolute Gasteiger partial charge is 0.271 e. The zero-order chi connectivity index (χ0) is 22.0. The minimum absolute atomic E-state index is 0.148. The van der Waals surface area contributed by atoms with Gasteiger partial charge in [0.2, 0.25) is 5.91 Å². The lowest BCUT2D eigenvalue weighted by molar-refractivity contribution is -0.133. The van der Waals surface area contributed by atoms with Crippen LogP contribution in [0.5, 0.6) is 0 Å². The first kappa shape index (κ1) is 21.5. The van der Waals surface area contributed by atoms with Crippen molar-refractivity contribution in [2.45, 2.75) is 38.9 Å². The van der Waals surface area contributed by atoms with Gasteiger partial charge in [-0.3, -0.25) is 9.59 Å². The molecule has 0 saturated heterocycles. The maximum atomic E-state index is 13.4. The van der Waals surface area contributed by atoms with Crippen molar-refractivity contribution in [1.82, 2.24) is 14.8 Å². The third-order valence-corrected chi connectivity index (χ3v) is 6.71. The Morgan fingerprint density at radius 1 is 1.29 bits per heavy atom. The fraction of sp³-hybridized carbons (Fsp3) is 0.391. The molecule has 8 heteroatoms. The lowest BCUT2D eigenvalue weighted by atomic mass is 9.94. The van der Waals surface area contributed by atoms with Crippen LogP contribution in [0.25, 0.3) is 10.2 Å². The monoisotopic (exact) mass is 443 g/mol. The summed E-state index contributed by atoms with van der Waals surface area (Å²) in [5.41, 5.74) is 0.361. The predicted octanol–water partition coefficient (Wildman–Crippen LogP) is 3.80. The number of fused-ring (bicyclic) bond motifs is 3. The third-order valence-electron chi connectivity index (χ3n) is 5.76. The van der Waals surface area contributed by atoms with Crippen molar-refractivity contribution in [2.75, 3.05) is 19.8 Å². The number of carbonyl (C=O) groups excluding carboxylic acids is 2. The SMILES string of the molecule is CCOCCCN1C(=O)c2cc3ccsc3n2C[C@@]1(C)C(=O)NCc1ccc(F)cc1. The molecule has 0 bridgehead atoms. The number of aromatic nitrogens is 1. The summed E-state index contributed by atoms with van der Waals surface area (Å²) in [6.45, 7) is 5.96. The van der Waals surface area contributed by atoms with Crippen molar-refractivity contribution in [3.8, 4) is 0 Å². The van der Waals surface area contributed by atoms with Crippen LogP contribution < -0.4 is 5.32 Å². The minimum Gasteiger partial charge on any atom is -0.382 e. The number of hydrogen-bond donors (Lipinski definition) is 1. The Balaban J connectivity index is 1.60. The normalized spacial score (nSPS) is 18.4. The fourth-order valence-electron chi connectivity index (χ4n) is 4.05. The first-order valence-electron chi connectivity index (χ1n) is 10.4. The van der Waals surface area contributed by atoms with Gasteiger partial charge in [-0.15, -0.1) is 11.3 Å². The van der Waals surface area contributed by atoms with E-state index >= 15 is 0 Å². The molecular weight excluding hydrogens is 417 g/mol. The second-order valence-electron chi connectivity index (χ2n) is 7.89. The second kappa shape index (κ2) is 8.80. The first-order chi connectivity index (χ1) is 14.9. The number of nitrogens with one attached hydrogen (secondary N) is 1. The van der Waals surface area contributed by atoms with Crippen molar-refractivity contribution in [3.05, 3.63) is 58.9 Å². The molecule has 0 unspecified atom stereocenters. The van der Waals surface area contributed by atoms with Gasteiger partial charge in [-0.2, -0.15) is 0 Å². The molecule has 164 valence electrons. The molecule has 4 rings (SSSR count). The number of ether oxygens (including phenoxy) is 1. The van der Waals surface area contributed by atoms with Crippen molar-refractivity contribution in [3.63, 3.8) is 0 Å². The molecule has 2 amide bonds. The molecule has 0 saturated carbocycles. The highest BCUT2D eigenvalue weighted by molar-refractivity contribution is 7.16. The van der Waals surface area contributed by atoms with E-state index in [1.54, 1.807) is 28.4 Å². The summed E-state index contributed by atoms with van der Waals surface area (Å²) >= 11 is 1.57. The fourth-order valence-corrected chi connectivity index (χ4v) is 4.95. The molecule has 1 atom stereocenters. The second-order valence-corrected chi connectivity index (χ2v) is 8.78. The predicted molar refractivity (Wildman–Crippen MR) is 119 cm³/mol. The number of nitrogens with zero attached hydrogens (tertiary/aromatic N) is 2. The van der Waals surface area contributed by atoms with Crippen molar-refractivity contribution in [2.24, 2.45) is 0 Å². The maximum absolute atomic E-state index is 13.4. The van der Waals surface area contributed by atoms with Crippen LogP contribution in [0.2, 0.25) is 0 Å². The molecule has 6 nitrogen and oxygen atoms in total. The van der Waals surface area contributed by atoms with Gasteiger partial charge in [0.15, 0.2) is 0 Å². The molecule has 31 heavy (non-hydrogen) atoms. The van der Waals surface area contributed by atoms with Crippen LogP contribution in [0.3, 0.4) is 0 Å². The van der Waals surface area contributed by atoms with Gasteiger partial charge in [-0.25, -0.2) is 4.39 Å². The molecule has 0 fully saturated rings. The highest BCUT2D eigenvalue weighted by atomic mass is 32.1. The molecule has 1 aliphatic heterocycles. The summed E-state index contributed by atoms with van der Waals surface area (Å²) in [7, 11) is 0. The van der Waals surface area contributed by atoms with Gasteiger partial charge in [0.25, 0.3) is 5.91 Å². The molecule has 1 aromatic carbocycles. The molecular formula is C23H26FN3O3S. The van der Waals surface area contributed by atoms with Gasteiger partial charge >= 0.3 is 0 Å². The zero-order valence-electron chi connectivity index (χ0n) is 17.7. The number of rotatable bonds is 8. The molecule has 0 spiro atoms. The summed E-state index contributed by atoms with van der Waals surface area (Å²) in [5, 5.41) is 5.95. The Kier molecular flexibility index (Phi) is 6.11. The Morgan fingerprint density at radius 3 is 2.81 bits per heavy atom. The highest BCUT2D eigenvalue weighted by Crippen LogP contribution is 2.34. The van der Waals surface area contributed by atoms with Crippen LogP contribution in [0.4, 0.5) is 4.39 Å². The number of carbonyl (C=O) groups is 2. The Morgan fingerprint density at radius 2 is 2.06 bits per heavy atom. The van der Waals surface area contributed by atoms with E-state index < -0.39 is 5.54 Å². The Bertz CT molecular complexity index is 1090. The van der Waals surface area contributed by atoms with Crippen LogP contribution in [0.15, 0.2) is 41.8 Å². The van der Waals surface area contributed by atoms with E-state index in [9.17, 15) is 14.0 Å². The van der Waals surface area contributed by atoms with Gasteiger partial charge in [0.05, 0.1) is 6.54 Å². The van der Waals surface area contributed by atoms with E-state index in [0.717, 1.165) is 15.8 Å². The van der Waals surface area contributed by atoms with E-state index in [-0.39, 0.29) is 24.2 Å². The van der Waals surface area contributed by atoms with E-state index in [1.165, 1.54) is 12.1 Å². The quantitative estimate of drug-likeness (QED) is 0.539. The van der Waals surface area contributed by atoms with E-state index in [0.29, 0.717) is 38.4 Å². The Labute approximate surface area is 184 Å². The molecule has 3 aromatic rings. The molecule has 0 aliphatic carbocycles. The summed E-state index contributed by atoms with van der Waals surface area (Å²) in [5.74, 6) is -0.697. The molecule has 2 aromatic heterocycles. The van der Waals surface area contributed by atoms with Gasteiger partial charge in [0.1, 0.15) is 21.9 Å². The van der Waals surface area contributed by atoms with Crippen LogP contribution in [0, 0.1) is 5.82 Å². The van der Waals surface area contributed by atoms with Crippen molar-refractivity contribution in [1.29, 1.82) is 0 Å². The number of amides is 2. The maximum Gasteiger partial charge on any atom is 0.271 e. The lowest BCUT2D eigenvalue weighted by Gasteiger charge is -2.44. The summed E-state index contributed by atoms with van der Waals surface area (Å²) in [4.78, 5) is 29.5. The lowest BCUT2D eigenvalue weighted by Crippen LogP contribution is -2.64.